The summed E-state index contributed by atoms with van der Waals surface area (Å²) in [6.07, 6.45) is 1.59. The number of nitrogens with zero attached hydrogens (tertiary/aromatic N) is 2. The van der Waals surface area contributed by atoms with Gasteiger partial charge in [-0.1, -0.05) is 17.8 Å². The van der Waals surface area contributed by atoms with Crippen LogP contribution >= 0.6 is 11.8 Å². The second kappa shape index (κ2) is 5.55. The summed E-state index contributed by atoms with van der Waals surface area (Å²) in [4.78, 5) is 21.7. The number of hydrogen-bond acceptors (Lipinski definition) is 4. The molecule has 0 saturated heterocycles. The number of aromatic amines is 1. The molecule has 6 nitrogen and oxygen atoms in total. The molecule has 0 aromatic carbocycles. The number of aliphatic carboxylic acids is 1. The van der Waals surface area contributed by atoms with Crippen molar-refractivity contribution in [2.24, 2.45) is 0 Å². The number of hydrogen-bond donors (Lipinski definition) is 2. The summed E-state index contributed by atoms with van der Waals surface area (Å²) < 4.78 is 1.49. The van der Waals surface area contributed by atoms with Gasteiger partial charge in [0.1, 0.15) is 0 Å². The Bertz CT molecular complexity index is 461. The van der Waals surface area contributed by atoms with Crippen LogP contribution in [0.3, 0.4) is 0 Å². The summed E-state index contributed by atoms with van der Waals surface area (Å²) in [5.41, 5.74) is 0.0392. The SMILES string of the molecule is CCn1c(SCC=C(C)C(=O)O)n[nH]c1=O. The van der Waals surface area contributed by atoms with Crippen LogP contribution in [-0.2, 0) is 11.3 Å². The van der Waals surface area contributed by atoms with E-state index >= 15 is 0 Å². The molecule has 0 spiro atoms. The van der Waals surface area contributed by atoms with Gasteiger partial charge >= 0.3 is 11.7 Å². The van der Waals surface area contributed by atoms with E-state index in [0.29, 0.717) is 17.5 Å². The third kappa shape index (κ3) is 2.99. The second-order valence-corrected chi connectivity index (χ2v) is 4.05. The van der Waals surface area contributed by atoms with E-state index in [9.17, 15) is 9.59 Å². The Morgan fingerprint density at radius 3 is 2.94 bits per heavy atom. The van der Waals surface area contributed by atoms with Crippen molar-refractivity contribution in [2.75, 3.05) is 5.75 Å². The Hall–Kier alpha value is -1.50. The fraction of sp³-hybridized carbons (Fsp3) is 0.444. The van der Waals surface area contributed by atoms with Crippen molar-refractivity contribution in [1.82, 2.24) is 14.8 Å². The van der Waals surface area contributed by atoms with Gasteiger partial charge < -0.3 is 5.11 Å². The van der Waals surface area contributed by atoms with E-state index < -0.39 is 5.97 Å². The molecule has 0 aliphatic carbocycles. The van der Waals surface area contributed by atoms with Crippen molar-refractivity contribution in [2.45, 2.75) is 25.5 Å². The van der Waals surface area contributed by atoms with E-state index in [1.165, 1.54) is 23.3 Å². The molecule has 1 rings (SSSR count). The lowest BCUT2D eigenvalue weighted by Gasteiger charge is -1.99. The fourth-order valence-electron chi connectivity index (χ4n) is 1.02. The minimum absolute atomic E-state index is 0.246. The number of carboxylic acids is 1. The topological polar surface area (TPSA) is 88.0 Å². The lowest BCUT2D eigenvalue weighted by molar-refractivity contribution is -0.132. The zero-order valence-corrected chi connectivity index (χ0v) is 9.87. The maximum Gasteiger partial charge on any atom is 0.343 e. The summed E-state index contributed by atoms with van der Waals surface area (Å²) >= 11 is 1.32. The van der Waals surface area contributed by atoms with Crippen molar-refractivity contribution in [3.8, 4) is 0 Å². The van der Waals surface area contributed by atoms with E-state index in [4.69, 9.17) is 5.11 Å². The first kappa shape index (κ1) is 12.6. The molecule has 7 heteroatoms. The van der Waals surface area contributed by atoms with Gasteiger partial charge in [0.25, 0.3) is 0 Å². The summed E-state index contributed by atoms with van der Waals surface area (Å²) in [5.74, 6) is -0.460. The third-order valence-electron chi connectivity index (χ3n) is 1.98. The summed E-state index contributed by atoms with van der Waals surface area (Å²) in [6.45, 7) is 3.92. The predicted molar refractivity (Wildman–Crippen MR) is 60.6 cm³/mol. The smallest absolute Gasteiger partial charge is 0.343 e. The molecule has 0 aliphatic rings. The first-order valence-corrected chi connectivity index (χ1v) is 5.72. The van der Waals surface area contributed by atoms with Crippen LogP contribution in [0.25, 0.3) is 0 Å². The molecular formula is C9H13N3O3S. The Labute approximate surface area is 96.4 Å². The van der Waals surface area contributed by atoms with Crippen molar-refractivity contribution < 1.29 is 9.90 Å². The van der Waals surface area contributed by atoms with E-state index in [0.717, 1.165) is 0 Å². The van der Waals surface area contributed by atoms with Gasteiger partial charge in [-0.25, -0.2) is 14.7 Å². The summed E-state index contributed by atoms with van der Waals surface area (Å²) in [5, 5.41) is 15.4. The van der Waals surface area contributed by atoms with Gasteiger partial charge in [0.15, 0.2) is 5.16 Å². The maximum absolute atomic E-state index is 11.2. The van der Waals surface area contributed by atoms with Crippen LogP contribution in [0, 0.1) is 0 Å². The number of carbonyl (C=O) groups is 1. The molecule has 0 saturated carbocycles. The molecular weight excluding hydrogens is 230 g/mol. The van der Waals surface area contributed by atoms with Crippen LogP contribution in [0.2, 0.25) is 0 Å². The highest BCUT2D eigenvalue weighted by Crippen LogP contribution is 2.13. The van der Waals surface area contributed by atoms with Crippen LogP contribution in [0.5, 0.6) is 0 Å². The largest absolute Gasteiger partial charge is 0.478 e. The fourth-order valence-corrected chi connectivity index (χ4v) is 1.98. The van der Waals surface area contributed by atoms with Gasteiger partial charge in [0.2, 0.25) is 0 Å². The van der Waals surface area contributed by atoms with Gasteiger partial charge in [0, 0.05) is 17.9 Å². The summed E-state index contributed by atoms with van der Waals surface area (Å²) in [7, 11) is 0. The second-order valence-electron chi connectivity index (χ2n) is 3.06. The first-order chi connectivity index (χ1) is 7.56. The molecule has 88 valence electrons. The quantitative estimate of drug-likeness (QED) is 0.587. The molecule has 1 heterocycles. The molecule has 0 amide bonds. The molecule has 0 fully saturated rings. The predicted octanol–water partition coefficient (Wildman–Crippen LogP) is 0.714. The van der Waals surface area contributed by atoms with Gasteiger partial charge in [-0.3, -0.25) is 4.57 Å². The van der Waals surface area contributed by atoms with E-state index in [1.807, 2.05) is 6.92 Å². The van der Waals surface area contributed by atoms with Gasteiger partial charge in [-0.05, 0) is 13.8 Å². The average Bonchev–Trinajstić information content (AvgIpc) is 2.59. The Morgan fingerprint density at radius 2 is 2.38 bits per heavy atom. The minimum Gasteiger partial charge on any atom is -0.478 e. The van der Waals surface area contributed by atoms with E-state index in [2.05, 4.69) is 10.2 Å². The van der Waals surface area contributed by atoms with Crippen LogP contribution in [-0.4, -0.2) is 31.6 Å². The van der Waals surface area contributed by atoms with Crippen LogP contribution in [0.4, 0.5) is 0 Å². The number of thioether (sulfide) groups is 1. The number of H-pyrrole nitrogens is 1. The highest BCUT2D eigenvalue weighted by molar-refractivity contribution is 7.99. The van der Waals surface area contributed by atoms with Crippen LogP contribution in [0.15, 0.2) is 21.6 Å². The maximum atomic E-state index is 11.2. The number of nitrogens with one attached hydrogen (secondary N) is 1. The van der Waals surface area contributed by atoms with Crippen LogP contribution in [0.1, 0.15) is 13.8 Å². The molecule has 0 unspecified atom stereocenters. The summed E-state index contributed by atoms with van der Waals surface area (Å²) in [6, 6.07) is 0. The number of carboxylic acid groups (broad SMARTS) is 1. The Balaban J connectivity index is 2.65. The van der Waals surface area contributed by atoms with E-state index in [-0.39, 0.29) is 11.3 Å². The molecule has 16 heavy (non-hydrogen) atoms. The van der Waals surface area contributed by atoms with Crippen molar-refractivity contribution in [3.63, 3.8) is 0 Å². The minimum atomic E-state index is -0.935. The number of rotatable bonds is 5. The average molecular weight is 243 g/mol. The molecule has 0 radical (unpaired) electrons. The lowest BCUT2D eigenvalue weighted by atomic mass is 10.3. The van der Waals surface area contributed by atoms with Crippen molar-refractivity contribution >= 4 is 17.7 Å². The molecule has 2 N–H and O–H groups in total. The highest BCUT2D eigenvalue weighted by atomic mass is 32.2. The van der Waals surface area contributed by atoms with Crippen molar-refractivity contribution in [3.05, 3.63) is 22.1 Å². The Kier molecular flexibility index (Phi) is 4.36. The molecule has 1 aromatic heterocycles. The highest BCUT2D eigenvalue weighted by Gasteiger charge is 2.06. The standard InChI is InChI=1S/C9H13N3O3S/c1-3-12-8(15)10-11-9(12)16-5-4-6(2)7(13)14/h4H,3,5H2,1-2H3,(H,10,15)(H,13,14). The van der Waals surface area contributed by atoms with Gasteiger partial charge in [0.05, 0.1) is 0 Å². The number of aromatic nitrogens is 3. The zero-order chi connectivity index (χ0) is 12.1. The van der Waals surface area contributed by atoms with Crippen LogP contribution < -0.4 is 5.69 Å². The van der Waals surface area contributed by atoms with Gasteiger partial charge in [-0.2, -0.15) is 0 Å². The molecule has 0 atom stereocenters. The van der Waals surface area contributed by atoms with Crippen molar-refractivity contribution in [1.29, 1.82) is 0 Å². The van der Waals surface area contributed by atoms with Gasteiger partial charge in [-0.15, -0.1) is 5.10 Å². The molecule has 0 aliphatic heterocycles. The lowest BCUT2D eigenvalue weighted by Crippen LogP contribution is -2.16. The Morgan fingerprint density at radius 1 is 1.69 bits per heavy atom. The molecule has 1 aromatic rings. The first-order valence-electron chi connectivity index (χ1n) is 4.74. The van der Waals surface area contributed by atoms with E-state index in [1.54, 1.807) is 6.08 Å². The zero-order valence-electron chi connectivity index (χ0n) is 9.06. The normalized spacial score (nSPS) is 11.8. The monoisotopic (exact) mass is 243 g/mol. The molecule has 0 bridgehead atoms. The third-order valence-corrected chi connectivity index (χ3v) is 2.88.